The SMILES string of the molecule is CC(=O)c1ccccc1NC(=O)C(C)Sc1nnc(C(F)(F)F)n1N. The molecule has 134 valence electrons. The number of aromatic nitrogens is 3. The molecule has 0 aliphatic carbocycles. The molecule has 1 heterocycles. The van der Waals surface area contributed by atoms with Crippen LogP contribution in [0.15, 0.2) is 29.4 Å². The summed E-state index contributed by atoms with van der Waals surface area (Å²) in [6, 6.07) is 6.41. The van der Waals surface area contributed by atoms with E-state index in [2.05, 4.69) is 15.5 Å². The molecule has 0 radical (unpaired) electrons. The number of nitrogens with one attached hydrogen (secondary N) is 1. The number of amides is 1. The van der Waals surface area contributed by atoms with Crippen LogP contribution in [0.5, 0.6) is 0 Å². The summed E-state index contributed by atoms with van der Waals surface area (Å²) in [5, 5.41) is 7.83. The number of nitrogens with two attached hydrogens (primary N) is 1. The number of ketones is 1. The van der Waals surface area contributed by atoms with Gasteiger partial charge in [-0.3, -0.25) is 9.59 Å². The number of para-hydroxylation sites is 1. The molecule has 0 aliphatic heterocycles. The third kappa shape index (κ3) is 4.29. The lowest BCUT2D eigenvalue weighted by Gasteiger charge is -2.13. The number of halogens is 3. The fraction of sp³-hybridized carbons (Fsp3) is 0.286. The quantitative estimate of drug-likeness (QED) is 0.474. The summed E-state index contributed by atoms with van der Waals surface area (Å²) >= 11 is 0.716. The van der Waals surface area contributed by atoms with Crippen molar-refractivity contribution < 1.29 is 22.8 Å². The molecule has 3 N–H and O–H groups in total. The van der Waals surface area contributed by atoms with Crippen molar-refractivity contribution in [3.63, 3.8) is 0 Å². The molecule has 0 aliphatic rings. The Hall–Kier alpha value is -2.56. The Morgan fingerprint density at radius 1 is 1.28 bits per heavy atom. The van der Waals surface area contributed by atoms with Crippen molar-refractivity contribution in [1.82, 2.24) is 14.9 Å². The Kier molecular flexibility index (Phi) is 5.36. The number of benzene rings is 1. The number of rotatable bonds is 5. The van der Waals surface area contributed by atoms with Gasteiger partial charge in [-0.05, 0) is 26.0 Å². The number of anilines is 1. The highest BCUT2D eigenvalue weighted by Gasteiger charge is 2.38. The fourth-order valence-corrected chi connectivity index (χ4v) is 2.67. The van der Waals surface area contributed by atoms with Crippen LogP contribution in [0.2, 0.25) is 0 Å². The maximum absolute atomic E-state index is 12.6. The molecule has 2 rings (SSSR count). The van der Waals surface area contributed by atoms with Gasteiger partial charge in [0.15, 0.2) is 5.78 Å². The fourth-order valence-electron chi connectivity index (χ4n) is 1.90. The number of carbonyl (C=O) groups excluding carboxylic acids is 2. The monoisotopic (exact) mass is 373 g/mol. The molecule has 1 amide bonds. The minimum Gasteiger partial charge on any atom is -0.335 e. The van der Waals surface area contributed by atoms with Gasteiger partial charge in [0.2, 0.25) is 11.1 Å². The van der Waals surface area contributed by atoms with Crippen molar-refractivity contribution in [2.75, 3.05) is 11.2 Å². The summed E-state index contributed by atoms with van der Waals surface area (Å²) in [5.74, 6) is 3.22. The first-order valence-corrected chi connectivity index (χ1v) is 7.84. The van der Waals surface area contributed by atoms with E-state index in [9.17, 15) is 22.8 Å². The molecule has 11 heteroatoms. The van der Waals surface area contributed by atoms with E-state index in [1.165, 1.54) is 13.8 Å². The lowest BCUT2D eigenvalue weighted by molar-refractivity contribution is -0.146. The standard InChI is InChI=1S/C14H14F3N5O2S/c1-7(23)9-5-3-4-6-10(9)19-11(24)8(2)25-13-21-20-12(22(13)18)14(15,16)17/h3-6,8H,18H2,1-2H3,(H,19,24). The first-order valence-electron chi connectivity index (χ1n) is 6.96. The molecule has 0 spiro atoms. The average Bonchev–Trinajstić information content (AvgIpc) is 2.88. The predicted molar refractivity (Wildman–Crippen MR) is 85.6 cm³/mol. The zero-order chi connectivity index (χ0) is 18.8. The van der Waals surface area contributed by atoms with Gasteiger partial charge in [0.05, 0.1) is 10.9 Å². The van der Waals surface area contributed by atoms with Gasteiger partial charge >= 0.3 is 6.18 Å². The Morgan fingerprint density at radius 3 is 2.48 bits per heavy atom. The summed E-state index contributed by atoms with van der Waals surface area (Å²) in [6.45, 7) is 2.83. The normalized spacial score (nSPS) is 12.7. The van der Waals surface area contributed by atoms with Crippen LogP contribution in [-0.2, 0) is 11.0 Å². The number of hydrogen-bond donors (Lipinski definition) is 2. The molecule has 1 atom stereocenters. The number of carbonyl (C=O) groups is 2. The Labute approximate surface area is 144 Å². The largest absolute Gasteiger partial charge is 0.453 e. The molecule has 0 saturated carbocycles. The van der Waals surface area contributed by atoms with Crippen LogP contribution in [0.1, 0.15) is 30.0 Å². The molecule has 1 aromatic carbocycles. The summed E-state index contributed by atoms with van der Waals surface area (Å²) < 4.78 is 38.2. The topological polar surface area (TPSA) is 103 Å². The van der Waals surface area contributed by atoms with Gasteiger partial charge in [-0.1, -0.05) is 23.9 Å². The summed E-state index contributed by atoms with van der Waals surface area (Å²) in [5.41, 5.74) is 0.645. The molecule has 7 nitrogen and oxygen atoms in total. The van der Waals surface area contributed by atoms with E-state index in [4.69, 9.17) is 5.84 Å². The van der Waals surface area contributed by atoms with Gasteiger partial charge in [0, 0.05) is 5.56 Å². The van der Waals surface area contributed by atoms with Crippen LogP contribution in [0.25, 0.3) is 0 Å². The predicted octanol–water partition coefficient (Wildman–Crippen LogP) is 2.33. The van der Waals surface area contributed by atoms with E-state index in [-0.39, 0.29) is 15.6 Å². The second-order valence-electron chi connectivity index (χ2n) is 5.03. The Balaban J connectivity index is 2.12. The maximum Gasteiger partial charge on any atom is 0.453 e. The lowest BCUT2D eigenvalue weighted by atomic mass is 10.1. The molecule has 0 bridgehead atoms. The first-order chi connectivity index (χ1) is 11.6. The van der Waals surface area contributed by atoms with Crippen LogP contribution in [0, 0.1) is 0 Å². The Morgan fingerprint density at radius 2 is 1.92 bits per heavy atom. The smallest absolute Gasteiger partial charge is 0.335 e. The van der Waals surface area contributed by atoms with E-state index < -0.39 is 23.2 Å². The van der Waals surface area contributed by atoms with Crippen molar-refractivity contribution in [3.8, 4) is 0 Å². The van der Waals surface area contributed by atoms with Gasteiger partial charge in [0.25, 0.3) is 5.82 Å². The molecular weight excluding hydrogens is 359 g/mol. The highest BCUT2D eigenvalue weighted by molar-refractivity contribution is 8.00. The zero-order valence-corrected chi connectivity index (χ0v) is 14.0. The van der Waals surface area contributed by atoms with Crippen LogP contribution in [0.3, 0.4) is 0 Å². The molecule has 25 heavy (non-hydrogen) atoms. The minimum atomic E-state index is -4.74. The van der Waals surface area contributed by atoms with Gasteiger partial charge in [-0.15, -0.1) is 10.2 Å². The van der Waals surface area contributed by atoms with E-state index in [1.54, 1.807) is 24.3 Å². The van der Waals surface area contributed by atoms with Crippen molar-refractivity contribution >= 4 is 29.1 Å². The zero-order valence-electron chi connectivity index (χ0n) is 13.2. The van der Waals surface area contributed by atoms with E-state index >= 15 is 0 Å². The third-order valence-electron chi connectivity index (χ3n) is 3.13. The number of hydrogen-bond acceptors (Lipinski definition) is 6. The van der Waals surface area contributed by atoms with Crippen LogP contribution in [-0.4, -0.2) is 31.8 Å². The number of nitrogens with zero attached hydrogens (tertiary/aromatic N) is 3. The first kappa shape index (κ1) is 18.8. The van der Waals surface area contributed by atoms with Crippen LogP contribution in [0.4, 0.5) is 18.9 Å². The van der Waals surface area contributed by atoms with Gasteiger partial charge in [-0.25, -0.2) is 4.68 Å². The highest BCUT2D eigenvalue weighted by atomic mass is 32.2. The molecule has 1 aromatic heterocycles. The molecule has 2 aromatic rings. The maximum atomic E-state index is 12.6. The second-order valence-corrected chi connectivity index (χ2v) is 6.33. The van der Waals surface area contributed by atoms with Crippen LogP contribution < -0.4 is 11.2 Å². The van der Waals surface area contributed by atoms with E-state index in [0.29, 0.717) is 23.0 Å². The summed E-state index contributed by atoms with van der Waals surface area (Å²) in [4.78, 5) is 23.8. The number of alkyl halides is 3. The van der Waals surface area contributed by atoms with Gasteiger partial charge in [-0.2, -0.15) is 13.2 Å². The van der Waals surface area contributed by atoms with Gasteiger partial charge in [0.1, 0.15) is 0 Å². The van der Waals surface area contributed by atoms with Crippen molar-refractivity contribution in [2.24, 2.45) is 0 Å². The van der Waals surface area contributed by atoms with Crippen molar-refractivity contribution in [2.45, 2.75) is 30.4 Å². The molecule has 1 unspecified atom stereocenters. The second kappa shape index (κ2) is 7.13. The van der Waals surface area contributed by atoms with E-state index in [0.717, 1.165) is 0 Å². The number of nitrogen functional groups attached to an aromatic ring is 1. The number of thioether (sulfide) groups is 1. The highest BCUT2D eigenvalue weighted by Crippen LogP contribution is 2.30. The molecule has 0 saturated heterocycles. The Bertz CT molecular complexity index is 806. The van der Waals surface area contributed by atoms with Crippen molar-refractivity contribution in [1.29, 1.82) is 0 Å². The van der Waals surface area contributed by atoms with Crippen molar-refractivity contribution in [3.05, 3.63) is 35.7 Å². The lowest BCUT2D eigenvalue weighted by Crippen LogP contribution is -2.25. The molecular formula is C14H14F3N5O2S. The summed E-state index contributed by atoms with van der Waals surface area (Å²) in [6.07, 6.45) is -4.74. The summed E-state index contributed by atoms with van der Waals surface area (Å²) in [7, 11) is 0. The third-order valence-corrected chi connectivity index (χ3v) is 4.19. The van der Waals surface area contributed by atoms with Gasteiger partial charge < -0.3 is 11.2 Å². The molecule has 0 fully saturated rings. The average molecular weight is 373 g/mol. The van der Waals surface area contributed by atoms with E-state index in [1.807, 2.05) is 0 Å². The van der Waals surface area contributed by atoms with Crippen LogP contribution >= 0.6 is 11.8 Å². The number of Topliss-reactive ketones (excluding diaryl/α,β-unsaturated/α-hetero) is 1. The minimum absolute atomic E-state index is 0.229.